The summed E-state index contributed by atoms with van der Waals surface area (Å²) in [6.45, 7) is 0.767. The number of carbonyl (C=O) groups excluding carboxylic acids is 1. The van der Waals surface area contributed by atoms with Gasteiger partial charge in [-0.3, -0.25) is 9.69 Å². The molecule has 0 N–H and O–H groups in total. The maximum absolute atomic E-state index is 12.3. The Morgan fingerprint density at radius 1 is 1.20 bits per heavy atom. The van der Waals surface area contributed by atoms with Gasteiger partial charge in [0, 0.05) is 23.0 Å². The van der Waals surface area contributed by atoms with Gasteiger partial charge in [0.05, 0.1) is 0 Å². The van der Waals surface area contributed by atoms with E-state index < -0.39 is 0 Å². The molecule has 1 fully saturated rings. The number of hydrogen-bond acceptors (Lipinski definition) is 2. The minimum absolute atomic E-state index is 0.0204. The number of hydrogen-bond donors (Lipinski definition) is 0. The molecule has 0 unspecified atom stereocenters. The van der Waals surface area contributed by atoms with Crippen LogP contribution in [-0.2, 0) is 4.79 Å². The van der Waals surface area contributed by atoms with Crippen LogP contribution in [-0.4, -0.2) is 23.2 Å². The number of fused-ring (bicyclic) bond motifs is 1. The van der Waals surface area contributed by atoms with E-state index in [1.807, 2.05) is 0 Å². The topological polar surface area (TPSA) is 32.7 Å². The molecule has 2 heterocycles. The number of halogens is 2. The third-order valence-electron chi connectivity index (χ3n) is 3.56. The van der Waals surface area contributed by atoms with E-state index in [2.05, 4.69) is 4.99 Å². The van der Waals surface area contributed by atoms with Gasteiger partial charge in [-0.1, -0.05) is 35.7 Å². The van der Waals surface area contributed by atoms with Crippen LogP contribution in [0.4, 0.5) is 0 Å². The fraction of sp³-hybridized carbons (Fsp3) is 0.333. The Morgan fingerprint density at radius 2 is 2.05 bits per heavy atom. The summed E-state index contributed by atoms with van der Waals surface area (Å²) < 4.78 is 0. The summed E-state index contributed by atoms with van der Waals surface area (Å²) in [5.74, 6) is 0.872. The largest absolute Gasteiger partial charge is 0.295 e. The first-order chi connectivity index (χ1) is 9.65. The van der Waals surface area contributed by atoms with Gasteiger partial charge in [0.25, 0.3) is 5.91 Å². The molecule has 1 amide bonds. The first-order valence-corrected chi connectivity index (χ1v) is 7.47. The van der Waals surface area contributed by atoms with Crippen LogP contribution in [0.5, 0.6) is 0 Å². The summed E-state index contributed by atoms with van der Waals surface area (Å²) in [5.41, 5.74) is 1.23. The molecule has 0 radical (unpaired) electrons. The van der Waals surface area contributed by atoms with E-state index in [1.54, 1.807) is 29.2 Å². The molecular formula is C15H14Cl2N2O. The lowest BCUT2D eigenvalue weighted by Crippen LogP contribution is -2.31. The van der Waals surface area contributed by atoms with Crippen molar-refractivity contribution in [2.75, 3.05) is 6.54 Å². The molecule has 5 heteroatoms. The molecule has 0 saturated carbocycles. The molecule has 20 heavy (non-hydrogen) atoms. The molecule has 3 nitrogen and oxygen atoms in total. The summed E-state index contributed by atoms with van der Waals surface area (Å²) in [4.78, 5) is 18.6. The first-order valence-electron chi connectivity index (χ1n) is 6.71. The lowest BCUT2D eigenvalue weighted by Gasteiger charge is -2.14. The normalized spacial score (nSPS) is 20.9. The Hall–Kier alpha value is -1.32. The predicted octanol–water partition coefficient (Wildman–Crippen LogP) is 4.15. The zero-order valence-electron chi connectivity index (χ0n) is 10.9. The number of aliphatic imine (C=N–C) groups is 1. The average Bonchev–Trinajstić information content (AvgIpc) is 2.61. The number of amidine groups is 1. The highest BCUT2D eigenvalue weighted by Crippen LogP contribution is 2.27. The standard InChI is InChI=1S/C15H14Cl2N2O/c16-11-6-5-10(12(17)9-11)8-13-15(20)19-7-3-1-2-4-14(19)18-13/h5-6,8-9H,1-4,7H2. The number of benzene rings is 1. The Balaban J connectivity index is 1.94. The third-order valence-corrected chi connectivity index (χ3v) is 4.12. The van der Waals surface area contributed by atoms with Crippen LogP contribution in [0.2, 0.25) is 10.0 Å². The number of rotatable bonds is 1. The Kier molecular flexibility index (Phi) is 3.81. The fourth-order valence-electron chi connectivity index (χ4n) is 2.51. The molecule has 1 saturated heterocycles. The predicted molar refractivity (Wildman–Crippen MR) is 82.1 cm³/mol. The highest BCUT2D eigenvalue weighted by atomic mass is 35.5. The molecule has 0 aliphatic carbocycles. The van der Waals surface area contributed by atoms with E-state index in [0.717, 1.165) is 43.6 Å². The van der Waals surface area contributed by atoms with Gasteiger partial charge < -0.3 is 0 Å². The monoisotopic (exact) mass is 308 g/mol. The fourth-order valence-corrected chi connectivity index (χ4v) is 2.98. The van der Waals surface area contributed by atoms with Gasteiger partial charge in [-0.15, -0.1) is 0 Å². The van der Waals surface area contributed by atoms with Crippen molar-refractivity contribution >= 4 is 41.0 Å². The molecule has 104 valence electrons. The van der Waals surface area contributed by atoms with Gasteiger partial charge in [-0.05, 0) is 36.6 Å². The Bertz CT molecular complexity index is 622. The second-order valence-electron chi connectivity index (χ2n) is 4.99. The van der Waals surface area contributed by atoms with Crippen LogP contribution in [0, 0.1) is 0 Å². The van der Waals surface area contributed by atoms with Crippen LogP contribution < -0.4 is 0 Å². The zero-order chi connectivity index (χ0) is 14.1. The second-order valence-corrected chi connectivity index (χ2v) is 5.83. The SMILES string of the molecule is O=C1C(=Cc2ccc(Cl)cc2Cl)N=C2CCCCCN12. The van der Waals surface area contributed by atoms with E-state index in [-0.39, 0.29) is 5.91 Å². The van der Waals surface area contributed by atoms with Gasteiger partial charge in [0.1, 0.15) is 11.5 Å². The van der Waals surface area contributed by atoms with Crippen molar-refractivity contribution in [1.29, 1.82) is 0 Å². The summed E-state index contributed by atoms with van der Waals surface area (Å²) >= 11 is 12.0. The Labute approximate surface area is 127 Å². The van der Waals surface area contributed by atoms with Gasteiger partial charge >= 0.3 is 0 Å². The molecule has 0 aromatic heterocycles. The lowest BCUT2D eigenvalue weighted by atomic mass is 10.2. The van der Waals surface area contributed by atoms with E-state index >= 15 is 0 Å². The van der Waals surface area contributed by atoms with E-state index in [9.17, 15) is 4.79 Å². The molecule has 2 aliphatic heterocycles. The van der Waals surface area contributed by atoms with Crippen molar-refractivity contribution in [3.63, 3.8) is 0 Å². The summed E-state index contributed by atoms with van der Waals surface area (Å²) in [6.07, 6.45) is 5.90. The summed E-state index contributed by atoms with van der Waals surface area (Å²) in [7, 11) is 0. The molecule has 0 atom stereocenters. The van der Waals surface area contributed by atoms with Crippen molar-refractivity contribution in [2.45, 2.75) is 25.7 Å². The summed E-state index contributed by atoms with van der Waals surface area (Å²) in [6, 6.07) is 5.22. The zero-order valence-corrected chi connectivity index (χ0v) is 12.4. The molecular weight excluding hydrogens is 295 g/mol. The smallest absolute Gasteiger partial charge is 0.277 e. The highest BCUT2D eigenvalue weighted by Gasteiger charge is 2.30. The van der Waals surface area contributed by atoms with Crippen molar-refractivity contribution in [3.8, 4) is 0 Å². The van der Waals surface area contributed by atoms with Crippen LogP contribution >= 0.6 is 23.2 Å². The molecule has 1 aromatic carbocycles. The van der Waals surface area contributed by atoms with Crippen molar-refractivity contribution in [2.24, 2.45) is 4.99 Å². The van der Waals surface area contributed by atoms with Crippen LogP contribution in [0.15, 0.2) is 28.9 Å². The third kappa shape index (κ3) is 2.60. The van der Waals surface area contributed by atoms with Crippen LogP contribution in [0.3, 0.4) is 0 Å². The number of nitrogens with zero attached hydrogens (tertiary/aromatic N) is 2. The average molecular weight is 309 g/mol. The quantitative estimate of drug-likeness (QED) is 0.717. The van der Waals surface area contributed by atoms with Crippen LogP contribution in [0.25, 0.3) is 6.08 Å². The first kappa shape index (κ1) is 13.7. The van der Waals surface area contributed by atoms with Crippen molar-refractivity contribution in [1.82, 2.24) is 4.90 Å². The molecule has 0 spiro atoms. The number of amides is 1. The minimum Gasteiger partial charge on any atom is -0.295 e. The molecule has 2 aliphatic rings. The van der Waals surface area contributed by atoms with E-state index in [1.165, 1.54) is 0 Å². The van der Waals surface area contributed by atoms with Crippen molar-refractivity contribution in [3.05, 3.63) is 39.5 Å². The molecule has 3 rings (SSSR count). The lowest BCUT2D eigenvalue weighted by molar-refractivity contribution is -0.122. The second kappa shape index (κ2) is 5.58. The van der Waals surface area contributed by atoms with Crippen molar-refractivity contribution < 1.29 is 4.79 Å². The molecule has 1 aromatic rings. The van der Waals surface area contributed by atoms with Gasteiger partial charge in [-0.2, -0.15) is 0 Å². The van der Waals surface area contributed by atoms with Gasteiger partial charge in [-0.25, -0.2) is 4.99 Å². The maximum atomic E-state index is 12.3. The van der Waals surface area contributed by atoms with E-state index in [0.29, 0.717) is 15.7 Å². The highest BCUT2D eigenvalue weighted by molar-refractivity contribution is 6.35. The van der Waals surface area contributed by atoms with Crippen LogP contribution in [0.1, 0.15) is 31.2 Å². The Morgan fingerprint density at radius 3 is 2.85 bits per heavy atom. The molecule has 0 bridgehead atoms. The minimum atomic E-state index is -0.0204. The maximum Gasteiger partial charge on any atom is 0.277 e. The van der Waals surface area contributed by atoms with E-state index in [4.69, 9.17) is 23.2 Å². The van der Waals surface area contributed by atoms with Gasteiger partial charge in [0.2, 0.25) is 0 Å². The van der Waals surface area contributed by atoms with Gasteiger partial charge in [0.15, 0.2) is 0 Å². The summed E-state index contributed by atoms with van der Waals surface area (Å²) in [5, 5.41) is 1.11. The number of carbonyl (C=O) groups is 1.